The van der Waals surface area contributed by atoms with Crippen LogP contribution in [0.3, 0.4) is 0 Å². The van der Waals surface area contributed by atoms with Crippen LogP contribution in [-0.4, -0.2) is 14.5 Å². The van der Waals surface area contributed by atoms with Crippen LogP contribution < -0.4 is 0 Å². The third-order valence-electron chi connectivity index (χ3n) is 13.9. The van der Waals surface area contributed by atoms with E-state index in [0.29, 0.717) is 0 Å². The van der Waals surface area contributed by atoms with E-state index < -0.39 is 0 Å². The summed E-state index contributed by atoms with van der Waals surface area (Å²) in [5.74, 6) is 0. The normalized spacial score (nSPS) is 13.0. The molecular weight excluding hydrogens is 775 g/mol. The summed E-state index contributed by atoms with van der Waals surface area (Å²) in [7, 11) is 0. The Bertz CT molecular complexity index is 3840. The molecule has 64 heavy (non-hydrogen) atoms. The second kappa shape index (κ2) is 13.9. The van der Waals surface area contributed by atoms with Gasteiger partial charge in [-0.3, -0.25) is 9.97 Å². The topological polar surface area (TPSA) is 30.7 Å². The summed E-state index contributed by atoms with van der Waals surface area (Å²) in [5.41, 5.74) is 20.3. The standard InChI is InChI=1S/C61H41N3/c1-61(2)55-35-43(23-27-49(55)50-28-24-44(36-56(50)61)42-22-26-48-47-18-6-7-20-53(47)59-60(54(48)34-42)63-31-30-62-59)40-14-10-12-38(32-40)39-13-11-15-41(33-39)45-25-29-52-51-19-8-9-21-57(51)64(58(52)37-45)46-16-4-3-5-17-46/h3-37H,1-2H3. The summed E-state index contributed by atoms with van der Waals surface area (Å²) in [5, 5.41) is 7.20. The fraction of sp³-hybridized carbons (Fsp3) is 0.0492. The van der Waals surface area contributed by atoms with Crippen LogP contribution in [0.1, 0.15) is 25.0 Å². The average Bonchev–Trinajstić information content (AvgIpc) is 3.81. The zero-order chi connectivity index (χ0) is 42.5. The summed E-state index contributed by atoms with van der Waals surface area (Å²) >= 11 is 0. The number of benzene rings is 10. The molecule has 3 heteroatoms. The number of para-hydroxylation sites is 2. The number of hydrogen-bond acceptors (Lipinski definition) is 2. The molecule has 0 saturated carbocycles. The molecule has 10 aromatic carbocycles. The van der Waals surface area contributed by atoms with Gasteiger partial charge >= 0.3 is 0 Å². The molecule has 1 aliphatic rings. The van der Waals surface area contributed by atoms with Gasteiger partial charge in [0.05, 0.1) is 22.1 Å². The minimum Gasteiger partial charge on any atom is -0.309 e. The van der Waals surface area contributed by atoms with Crippen LogP contribution in [0.25, 0.3) is 116 Å². The molecule has 0 atom stereocenters. The maximum Gasteiger partial charge on any atom is 0.0971 e. The predicted octanol–water partition coefficient (Wildman–Crippen LogP) is 16.0. The van der Waals surface area contributed by atoms with Crippen molar-refractivity contribution in [2.45, 2.75) is 19.3 Å². The van der Waals surface area contributed by atoms with Crippen molar-refractivity contribution >= 4 is 54.4 Å². The first-order valence-corrected chi connectivity index (χ1v) is 22.1. The first-order chi connectivity index (χ1) is 31.5. The van der Waals surface area contributed by atoms with Gasteiger partial charge in [0, 0.05) is 45.0 Å². The average molecular weight is 816 g/mol. The molecule has 0 spiro atoms. The fourth-order valence-electron chi connectivity index (χ4n) is 10.7. The number of aromatic nitrogens is 3. The third kappa shape index (κ3) is 5.54. The molecular formula is C61H41N3. The van der Waals surface area contributed by atoms with Gasteiger partial charge in [0.2, 0.25) is 0 Å². The summed E-state index contributed by atoms with van der Waals surface area (Å²) in [6.07, 6.45) is 3.59. The van der Waals surface area contributed by atoms with E-state index >= 15 is 0 Å². The van der Waals surface area contributed by atoms with E-state index in [9.17, 15) is 0 Å². The van der Waals surface area contributed by atoms with Crippen molar-refractivity contribution in [2.75, 3.05) is 0 Å². The van der Waals surface area contributed by atoms with Gasteiger partial charge in [-0.1, -0.05) is 159 Å². The lowest BCUT2D eigenvalue weighted by atomic mass is 9.80. The minimum atomic E-state index is -0.179. The molecule has 2 aromatic heterocycles. The Morgan fingerprint density at radius 1 is 0.328 bits per heavy atom. The van der Waals surface area contributed by atoms with E-state index in [1.807, 2.05) is 0 Å². The predicted molar refractivity (Wildman–Crippen MR) is 268 cm³/mol. The second-order valence-corrected chi connectivity index (χ2v) is 17.8. The first-order valence-electron chi connectivity index (χ1n) is 22.1. The summed E-state index contributed by atoms with van der Waals surface area (Å²) in [4.78, 5) is 9.61. The Morgan fingerprint density at radius 2 is 0.781 bits per heavy atom. The zero-order valence-corrected chi connectivity index (χ0v) is 35.5. The molecule has 0 bridgehead atoms. The molecule has 0 amide bonds. The Hall–Kier alpha value is -8.14. The molecule has 1 aliphatic carbocycles. The first kappa shape index (κ1) is 36.5. The van der Waals surface area contributed by atoms with Crippen LogP contribution >= 0.6 is 0 Å². The molecule has 3 nitrogen and oxygen atoms in total. The van der Waals surface area contributed by atoms with Crippen LogP contribution in [0, 0.1) is 0 Å². The van der Waals surface area contributed by atoms with Gasteiger partial charge in [-0.15, -0.1) is 0 Å². The fourth-order valence-corrected chi connectivity index (χ4v) is 10.7. The van der Waals surface area contributed by atoms with Crippen LogP contribution in [0.4, 0.5) is 0 Å². The quantitative estimate of drug-likeness (QED) is 0.162. The summed E-state index contributed by atoms with van der Waals surface area (Å²) in [6, 6.07) is 73.8. The maximum absolute atomic E-state index is 4.84. The van der Waals surface area contributed by atoms with Crippen molar-refractivity contribution < 1.29 is 0 Å². The van der Waals surface area contributed by atoms with Gasteiger partial charge in [-0.2, -0.15) is 0 Å². The molecule has 12 aromatic rings. The van der Waals surface area contributed by atoms with Gasteiger partial charge in [-0.25, -0.2) is 0 Å². The Labute approximate surface area is 371 Å². The molecule has 0 unspecified atom stereocenters. The van der Waals surface area contributed by atoms with Gasteiger partial charge in [0.1, 0.15) is 0 Å². The smallest absolute Gasteiger partial charge is 0.0971 e. The summed E-state index contributed by atoms with van der Waals surface area (Å²) in [6.45, 7) is 4.75. The minimum absolute atomic E-state index is 0.179. The number of nitrogens with zero attached hydrogens (tertiary/aromatic N) is 3. The third-order valence-corrected chi connectivity index (χ3v) is 13.9. The van der Waals surface area contributed by atoms with Crippen LogP contribution in [-0.2, 0) is 5.41 Å². The van der Waals surface area contributed by atoms with Crippen LogP contribution in [0.5, 0.6) is 0 Å². The highest BCUT2D eigenvalue weighted by Gasteiger charge is 2.36. The molecule has 0 N–H and O–H groups in total. The maximum atomic E-state index is 4.84. The van der Waals surface area contributed by atoms with Crippen molar-refractivity contribution in [2.24, 2.45) is 0 Å². The highest BCUT2D eigenvalue weighted by atomic mass is 15.0. The monoisotopic (exact) mass is 815 g/mol. The van der Waals surface area contributed by atoms with Crippen molar-refractivity contribution in [3.63, 3.8) is 0 Å². The van der Waals surface area contributed by atoms with Crippen molar-refractivity contribution in [1.29, 1.82) is 0 Å². The largest absolute Gasteiger partial charge is 0.309 e. The lowest BCUT2D eigenvalue weighted by Gasteiger charge is -2.23. The van der Waals surface area contributed by atoms with E-state index in [2.05, 4.69) is 219 Å². The molecule has 0 radical (unpaired) electrons. The highest BCUT2D eigenvalue weighted by molar-refractivity contribution is 6.23. The van der Waals surface area contributed by atoms with E-state index in [0.717, 1.165) is 21.8 Å². The Morgan fingerprint density at radius 3 is 1.42 bits per heavy atom. The van der Waals surface area contributed by atoms with Crippen molar-refractivity contribution in [3.05, 3.63) is 224 Å². The van der Waals surface area contributed by atoms with E-state index in [1.165, 1.54) is 105 Å². The molecule has 0 saturated heterocycles. The lowest BCUT2D eigenvalue weighted by molar-refractivity contribution is 0.661. The Balaban J connectivity index is 0.837. The van der Waals surface area contributed by atoms with E-state index in [-0.39, 0.29) is 5.41 Å². The molecule has 300 valence electrons. The van der Waals surface area contributed by atoms with Crippen LogP contribution in [0.2, 0.25) is 0 Å². The highest BCUT2D eigenvalue weighted by Crippen LogP contribution is 2.51. The molecule has 2 heterocycles. The van der Waals surface area contributed by atoms with Crippen LogP contribution in [0.15, 0.2) is 213 Å². The Kier molecular flexibility index (Phi) is 7.95. The molecule has 0 aliphatic heterocycles. The molecule has 0 fully saturated rings. The number of fused-ring (bicyclic) bond motifs is 12. The van der Waals surface area contributed by atoms with Gasteiger partial charge in [0.25, 0.3) is 0 Å². The lowest BCUT2D eigenvalue weighted by Crippen LogP contribution is -2.15. The van der Waals surface area contributed by atoms with Crippen molar-refractivity contribution in [1.82, 2.24) is 14.5 Å². The van der Waals surface area contributed by atoms with Gasteiger partial charge in [-0.05, 0) is 132 Å². The van der Waals surface area contributed by atoms with Crippen molar-refractivity contribution in [3.8, 4) is 61.3 Å². The van der Waals surface area contributed by atoms with E-state index in [1.54, 1.807) is 12.4 Å². The van der Waals surface area contributed by atoms with Gasteiger partial charge in [0.15, 0.2) is 0 Å². The number of rotatable bonds is 5. The molecule has 13 rings (SSSR count). The van der Waals surface area contributed by atoms with Gasteiger partial charge < -0.3 is 4.57 Å². The zero-order valence-electron chi connectivity index (χ0n) is 35.5. The number of hydrogen-bond donors (Lipinski definition) is 0. The van der Waals surface area contributed by atoms with E-state index in [4.69, 9.17) is 9.97 Å². The SMILES string of the molecule is CC1(C)c2cc(-c3cccc(-c4cccc(-c5ccc6c7ccccc7n(-c7ccccc7)c6c5)c4)c3)ccc2-c2ccc(-c3ccc4c5ccccc5c5nccnc5c4c3)cc21. The second-order valence-electron chi connectivity index (χ2n) is 17.8. The summed E-state index contributed by atoms with van der Waals surface area (Å²) < 4.78 is 2.39.